The van der Waals surface area contributed by atoms with E-state index in [1.165, 1.54) is 5.56 Å². The Morgan fingerprint density at radius 2 is 1.85 bits per heavy atom. The van der Waals surface area contributed by atoms with Gasteiger partial charge >= 0.3 is 0 Å². The molecule has 0 radical (unpaired) electrons. The highest BCUT2D eigenvalue weighted by Gasteiger charge is 2.14. The highest BCUT2D eigenvalue weighted by atomic mass is 35.5. The van der Waals surface area contributed by atoms with Gasteiger partial charge in [-0.2, -0.15) is 0 Å². The molecule has 0 atom stereocenters. The summed E-state index contributed by atoms with van der Waals surface area (Å²) in [6.07, 6.45) is 0. The maximum Gasteiger partial charge on any atom is 0.0400 e. The summed E-state index contributed by atoms with van der Waals surface area (Å²) >= 11 is 5.80. The van der Waals surface area contributed by atoms with Gasteiger partial charge in [-0.1, -0.05) is 30.3 Å². The Morgan fingerprint density at radius 1 is 1.23 bits per heavy atom. The SMILES string of the molecule is CC(C)(CCl)NCc1ccccc1. The van der Waals surface area contributed by atoms with Crippen molar-refractivity contribution >= 4 is 11.6 Å². The molecule has 0 amide bonds. The van der Waals surface area contributed by atoms with Crippen LogP contribution in [0.2, 0.25) is 0 Å². The van der Waals surface area contributed by atoms with E-state index < -0.39 is 0 Å². The first kappa shape index (κ1) is 10.6. The Morgan fingerprint density at radius 3 is 2.38 bits per heavy atom. The van der Waals surface area contributed by atoms with E-state index in [0.717, 1.165) is 6.54 Å². The maximum absolute atomic E-state index is 5.80. The van der Waals surface area contributed by atoms with Crippen molar-refractivity contribution in [2.75, 3.05) is 5.88 Å². The monoisotopic (exact) mass is 197 g/mol. The molecular formula is C11H16ClN. The Hall–Kier alpha value is -0.530. The smallest absolute Gasteiger partial charge is 0.0400 e. The molecule has 1 rings (SSSR count). The number of benzene rings is 1. The van der Waals surface area contributed by atoms with Crippen LogP contribution in [0.4, 0.5) is 0 Å². The fourth-order valence-corrected chi connectivity index (χ4v) is 1.08. The maximum atomic E-state index is 5.80. The number of halogens is 1. The van der Waals surface area contributed by atoms with Crippen molar-refractivity contribution in [3.8, 4) is 0 Å². The van der Waals surface area contributed by atoms with Crippen molar-refractivity contribution in [2.24, 2.45) is 0 Å². The normalized spacial score (nSPS) is 11.6. The highest BCUT2D eigenvalue weighted by molar-refractivity contribution is 6.18. The highest BCUT2D eigenvalue weighted by Crippen LogP contribution is 2.06. The third kappa shape index (κ3) is 3.79. The van der Waals surface area contributed by atoms with Crippen molar-refractivity contribution in [3.63, 3.8) is 0 Å². The molecule has 1 aromatic rings. The first-order chi connectivity index (χ1) is 6.14. The molecule has 0 unspecified atom stereocenters. The molecule has 0 aromatic heterocycles. The van der Waals surface area contributed by atoms with E-state index in [1.807, 2.05) is 18.2 Å². The number of nitrogens with one attached hydrogen (secondary N) is 1. The summed E-state index contributed by atoms with van der Waals surface area (Å²) in [7, 11) is 0. The van der Waals surface area contributed by atoms with Gasteiger partial charge < -0.3 is 5.32 Å². The minimum atomic E-state index is 0.0113. The number of alkyl halides is 1. The molecule has 1 aromatic carbocycles. The zero-order chi connectivity index (χ0) is 9.73. The average Bonchev–Trinajstić information content (AvgIpc) is 2.17. The first-order valence-electron chi connectivity index (χ1n) is 4.49. The minimum absolute atomic E-state index is 0.0113. The van der Waals surface area contributed by atoms with Crippen LogP contribution in [-0.2, 0) is 6.54 Å². The number of rotatable bonds is 4. The quantitative estimate of drug-likeness (QED) is 0.733. The summed E-state index contributed by atoms with van der Waals surface area (Å²) in [6, 6.07) is 10.3. The summed E-state index contributed by atoms with van der Waals surface area (Å²) in [6.45, 7) is 5.08. The largest absolute Gasteiger partial charge is 0.307 e. The summed E-state index contributed by atoms with van der Waals surface area (Å²) in [5.41, 5.74) is 1.30. The van der Waals surface area contributed by atoms with Crippen LogP contribution in [0.15, 0.2) is 30.3 Å². The third-order valence-corrected chi connectivity index (χ3v) is 2.62. The van der Waals surface area contributed by atoms with Crippen LogP contribution < -0.4 is 5.32 Å². The fraction of sp³-hybridized carbons (Fsp3) is 0.455. The molecule has 0 spiro atoms. The van der Waals surface area contributed by atoms with Crippen molar-refractivity contribution in [1.82, 2.24) is 5.32 Å². The number of hydrogen-bond acceptors (Lipinski definition) is 1. The van der Waals surface area contributed by atoms with Gasteiger partial charge in [0.25, 0.3) is 0 Å². The lowest BCUT2D eigenvalue weighted by Crippen LogP contribution is -2.40. The predicted molar refractivity (Wildman–Crippen MR) is 58.1 cm³/mol. The van der Waals surface area contributed by atoms with Crippen molar-refractivity contribution in [2.45, 2.75) is 25.9 Å². The predicted octanol–water partition coefficient (Wildman–Crippen LogP) is 2.79. The van der Waals surface area contributed by atoms with E-state index >= 15 is 0 Å². The molecule has 0 saturated heterocycles. The van der Waals surface area contributed by atoms with Crippen LogP contribution in [-0.4, -0.2) is 11.4 Å². The molecule has 0 bridgehead atoms. The van der Waals surface area contributed by atoms with Gasteiger partial charge in [-0.05, 0) is 19.4 Å². The standard InChI is InChI=1S/C11H16ClN/c1-11(2,9-12)13-8-10-6-4-3-5-7-10/h3-7,13H,8-9H2,1-2H3. The number of hydrogen-bond donors (Lipinski definition) is 1. The zero-order valence-corrected chi connectivity index (χ0v) is 8.93. The van der Waals surface area contributed by atoms with Gasteiger partial charge in [0.05, 0.1) is 0 Å². The molecule has 2 heteroatoms. The molecule has 0 saturated carbocycles. The van der Waals surface area contributed by atoms with Crippen LogP contribution in [0.3, 0.4) is 0 Å². The molecule has 0 heterocycles. The zero-order valence-electron chi connectivity index (χ0n) is 8.18. The lowest BCUT2D eigenvalue weighted by atomic mass is 10.1. The molecule has 0 aliphatic carbocycles. The van der Waals surface area contributed by atoms with E-state index in [-0.39, 0.29) is 5.54 Å². The van der Waals surface area contributed by atoms with Gasteiger partial charge in [0, 0.05) is 18.0 Å². The van der Waals surface area contributed by atoms with Gasteiger partial charge in [0.2, 0.25) is 0 Å². The van der Waals surface area contributed by atoms with Gasteiger partial charge in [-0.25, -0.2) is 0 Å². The Balaban J connectivity index is 2.44. The van der Waals surface area contributed by atoms with Gasteiger partial charge in [0.15, 0.2) is 0 Å². The molecular weight excluding hydrogens is 182 g/mol. The van der Waals surface area contributed by atoms with Crippen LogP contribution in [0.1, 0.15) is 19.4 Å². The second-order valence-corrected chi connectivity index (χ2v) is 4.12. The average molecular weight is 198 g/mol. The Labute approximate surface area is 85.1 Å². The van der Waals surface area contributed by atoms with Crippen molar-refractivity contribution in [3.05, 3.63) is 35.9 Å². The van der Waals surface area contributed by atoms with Crippen LogP contribution in [0.5, 0.6) is 0 Å². The summed E-state index contributed by atoms with van der Waals surface area (Å²) in [5.74, 6) is 0.625. The van der Waals surface area contributed by atoms with Crippen LogP contribution in [0.25, 0.3) is 0 Å². The van der Waals surface area contributed by atoms with E-state index in [9.17, 15) is 0 Å². The third-order valence-electron chi connectivity index (χ3n) is 1.95. The molecule has 72 valence electrons. The second-order valence-electron chi connectivity index (χ2n) is 3.86. The molecule has 0 aliphatic heterocycles. The Kier molecular flexibility index (Phi) is 3.76. The molecule has 13 heavy (non-hydrogen) atoms. The first-order valence-corrected chi connectivity index (χ1v) is 5.02. The van der Waals surface area contributed by atoms with Crippen molar-refractivity contribution in [1.29, 1.82) is 0 Å². The summed E-state index contributed by atoms with van der Waals surface area (Å²) in [5, 5.41) is 3.39. The summed E-state index contributed by atoms with van der Waals surface area (Å²) in [4.78, 5) is 0. The minimum Gasteiger partial charge on any atom is -0.307 e. The topological polar surface area (TPSA) is 12.0 Å². The van der Waals surface area contributed by atoms with Crippen LogP contribution in [0, 0.1) is 0 Å². The second kappa shape index (κ2) is 4.64. The lowest BCUT2D eigenvalue weighted by Gasteiger charge is -2.23. The van der Waals surface area contributed by atoms with Crippen LogP contribution >= 0.6 is 11.6 Å². The van der Waals surface area contributed by atoms with E-state index in [4.69, 9.17) is 11.6 Å². The molecule has 1 N–H and O–H groups in total. The Bertz CT molecular complexity index is 244. The van der Waals surface area contributed by atoms with Gasteiger partial charge in [-0.15, -0.1) is 11.6 Å². The van der Waals surface area contributed by atoms with Gasteiger partial charge in [-0.3, -0.25) is 0 Å². The van der Waals surface area contributed by atoms with Crippen molar-refractivity contribution < 1.29 is 0 Å². The lowest BCUT2D eigenvalue weighted by molar-refractivity contribution is 0.429. The molecule has 0 fully saturated rings. The van der Waals surface area contributed by atoms with E-state index in [1.54, 1.807) is 0 Å². The molecule has 1 nitrogen and oxygen atoms in total. The van der Waals surface area contributed by atoms with Gasteiger partial charge in [0.1, 0.15) is 0 Å². The van der Waals surface area contributed by atoms with E-state index in [0.29, 0.717) is 5.88 Å². The summed E-state index contributed by atoms with van der Waals surface area (Å²) < 4.78 is 0. The van der Waals surface area contributed by atoms with E-state index in [2.05, 4.69) is 31.3 Å². The fourth-order valence-electron chi connectivity index (χ4n) is 0.984. The molecule has 0 aliphatic rings.